The maximum absolute atomic E-state index is 13.2. The summed E-state index contributed by atoms with van der Waals surface area (Å²) < 4.78 is 111. The number of aliphatic hydroxyl groups is 27. The van der Waals surface area contributed by atoms with Crippen LogP contribution in [0, 0.1) is 0 Å². The highest BCUT2D eigenvalue weighted by Crippen LogP contribution is 2.40. The van der Waals surface area contributed by atoms with Crippen LogP contribution in [0.4, 0.5) is 0 Å². The molecule has 0 radical (unpaired) electrons. The van der Waals surface area contributed by atoms with Crippen molar-refractivity contribution in [2.24, 2.45) is 0 Å². The highest BCUT2D eigenvalue weighted by molar-refractivity contribution is 5.74. The van der Waals surface area contributed by atoms with Crippen LogP contribution >= 0.6 is 0 Å². The fourth-order valence-corrected chi connectivity index (χ4v) is 15.8. The molecule has 0 aromatic heterocycles. The number of ether oxygens (including phenoxy) is 19. The van der Waals surface area contributed by atoms with Gasteiger partial charge in [0.05, 0.1) is 65.6 Å². The number of rotatable bonds is 31. The van der Waals surface area contributed by atoms with E-state index in [1.165, 1.54) is 6.92 Å². The molecule has 10 aliphatic heterocycles. The molecule has 50 atom stereocenters. The lowest BCUT2D eigenvalue weighted by Gasteiger charge is -2.51. The molecule has 10 aliphatic rings. The van der Waals surface area contributed by atoms with Gasteiger partial charge in [-0.1, -0.05) is 0 Å². The Bertz CT molecular complexity index is 3280. The van der Waals surface area contributed by atoms with E-state index >= 15 is 0 Å². The quantitative estimate of drug-likeness (QED) is 0.0306. The Morgan fingerprint density at radius 3 is 0.844 bits per heavy atom. The molecule has 706 valence electrons. The number of nitrogens with one attached hydrogen (secondary N) is 4. The molecule has 10 rings (SSSR count). The van der Waals surface area contributed by atoms with Crippen LogP contribution in [0.5, 0.6) is 0 Å². The van der Waals surface area contributed by atoms with Crippen LogP contribution in [0.1, 0.15) is 34.6 Å². The standard InChI is InChI=1S/C68H114N4O50/c1-15-33(84)41(92)46(97)63(106-15)105-14-28-57(37(88)29(59(103)107-28)69-16(2)80)118-62-32(72-19(5)83)40(91)54(24(10-77)112-62)121-68-51(102)58(122-67-50(101)45(96)56(26(12-79)114-67)117-61-31(71-18(4)82)39(90)53(23(9-76)111-61)120-66-48(99)43(94)35(86)21(7-74)109-66)36(87)27(115-68)13-104-64-49(100)44(95)55(25(11-78)113-64)116-60-30(70-17(3)81)38(89)52(22(8-75)110-60)119-65-47(98)42(93)34(85)20(6-73)108-65/h15,20-68,73-79,84-103H,6-14H2,1-5H3,(H,69,80)(H,70,81)(H,71,82)(H,72,83)/t15-,20+,21+,22+,23+,24+,25+,26+,27+,28+,29+,30+,31+,32+,33+,34-,35-,36+,37+,38+,39+,40+,41+,42-,43-,44+,45+,46-,47+,48+,49-,50-,51-,52+,53+,54+,55+,56+,57+,58-,59+,60-,61-,62-,63+,64-,65-,66-,67+,68+/m0/s1. The molecule has 0 spiro atoms. The zero-order valence-electron chi connectivity index (χ0n) is 65.7. The van der Waals surface area contributed by atoms with Crippen molar-refractivity contribution in [3.8, 4) is 0 Å². The Labute approximate surface area is 691 Å². The molecule has 10 fully saturated rings. The number of hydrogen-bond donors (Lipinski definition) is 31. The summed E-state index contributed by atoms with van der Waals surface area (Å²) in [5.41, 5.74) is 0. The molecule has 31 N–H and O–H groups in total. The van der Waals surface area contributed by atoms with Gasteiger partial charge in [0.1, 0.15) is 238 Å². The first kappa shape index (κ1) is 100. The van der Waals surface area contributed by atoms with Crippen LogP contribution in [0.25, 0.3) is 0 Å². The topological polar surface area (TPSA) is 838 Å². The first-order chi connectivity index (χ1) is 57.7. The molecule has 10 heterocycles. The molecule has 0 aromatic rings. The molecule has 0 saturated carbocycles. The summed E-state index contributed by atoms with van der Waals surface area (Å²) in [6.07, 6.45) is -92.8. The van der Waals surface area contributed by atoms with E-state index in [9.17, 15) is 157 Å². The van der Waals surface area contributed by atoms with E-state index in [4.69, 9.17) is 90.0 Å². The molecular weight excluding hydrogens is 1670 g/mol. The number of carbonyl (C=O) groups is 4. The summed E-state index contributed by atoms with van der Waals surface area (Å²) in [4.78, 5) is 51.0. The molecule has 0 unspecified atom stereocenters. The predicted molar refractivity (Wildman–Crippen MR) is 375 cm³/mol. The Morgan fingerprint density at radius 1 is 0.230 bits per heavy atom. The number of hydrogen-bond acceptors (Lipinski definition) is 50. The van der Waals surface area contributed by atoms with Crippen molar-refractivity contribution >= 4 is 23.6 Å². The third-order valence-corrected chi connectivity index (χ3v) is 22.4. The molecule has 4 amide bonds. The summed E-state index contributed by atoms with van der Waals surface area (Å²) in [5, 5.41) is 309. The van der Waals surface area contributed by atoms with Crippen molar-refractivity contribution in [1.29, 1.82) is 0 Å². The molecule has 0 aliphatic carbocycles. The third kappa shape index (κ3) is 22.0. The second kappa shape index (κ2) is 43.6. The largest absolute Gasteiger partial charge is 0.394 e. The summed E-state index contributed by atoms with van der Waals surface area (Å²) in [6.45, 7) is -4.43. The van der Waals surface area contributed by atoms with E-state index in [1.807, 2.05) is 0 Å². The van der Waals surface area contributed by atoms with E-state index < -0.39 is 390 Å². The fourth-order valence-electron chi connectivity index (χ4n) is 15.8. The smallest absolute Gasteiger partial charge is 0.217 e. The zero-order valence-corrected chi connectivity index (χ0v) is 65.7. The normalized spacial score (nSPS) is 49.7. The van der Waals surface area contributed by atoms with E-state index in [0.717, 1.165) is 27.7 Å². The fraction of sp³-hybridized carbons (Fsp3) is 0.941. The molecule has 54 nitrogen and oxygen atoms in total. The van der Waals surface area contributed by atoms with E-state index in [0.29, 0.717) is 0 Å². The van der Waals surface area contributed by atoms with Gasteiger partial charge in [0.15, 0.2) is 62.9 Å². The van der Waals surface area contributed by atoms with Crippen LogP contribution in [-0.4, -0.2) is 528 Å². The van der Waals surface area contributed by atoms with E-state index in [-0.39, 0.29) is 0 Å². The maximum Gasteiger partial charge on any atom is 0.217 e. The van der Waals surface area contributed by atoms with Crippen molar-refractivity contribution in [2.75, 3.05) is 59.5 Å². The van der Waals surface area contributed by atoms with Gasteiger partial charge < -0.3 is 249 Å². The number of aliphatic hydroxyl groups excluding tert-OH is 27. The van der Waals surface area contributed by atoms with Gasteiger partial charge in [-0.3, -0.25) is 19.2 Å². The minimum absolute atomic E-state index is 0.833. The molecule has 10 saturated heterocycles. The predicted octanol–water partition coefficient (Wildman–Crippen LogP) is -21.2. The zero-order chi connectivity index (χ0) is 89.8. The van der Waals surface area contributed by atoms with Crippen molar-refractivity contribution in [1.82, 2.24) is 21.3 Å². The van der Waals surface area contributed by atoms with Gasteiger partial charge in [-0.15, -0.1) is 0 Å². The van der Waals surface area contributed by atoms with Crippen molar-refractivity contribution in [3.05, 3.63) is 0 Å². The van der Waals surface area contributed by atoms with Crippen LogP contribution in [0.3, 0.4) is 0 Å². The van der Waals surface area contributed by atoms with Gasteiger partial charge in [-0.25, -0.2) is 0 Å². The average Bonchev–Trinajstić information content (AvgIpc) is 0.770. The van der Waals surface area contributed by atoms with Gasteiger partial charge in [-0.05, 0) is 6.92 Å². The van der Waals surface area contributed by atoms with Gasteiger partial charge in [-0.2, -0.15) is 0 Å². The molecule has 0 aromatic carbocycles. The molecular formula is C68H114N4O50. The van der Waals surface area contributed by atoms with Crippen LogP contribution < -0.4 is 21.3 Å². The Balaban J connectivity index is 0.909. The first-order valence-corrected chi connectivity index (χ1v) is 39.0. The SMILES string of the molecule is CC(=O)N[C@@H]1[C@@H](O)[C@H](O[C@@H]2O[C@H](CO)[C@@H](O[C@H]3O[C@H](CO[C@H]4O[C@H](CO)[C@@H](O[C@@H]5O[C@H](CO)[C@@H](O[C@@H]6O[C@H](CO)[C@H](O)[C@H](O)[C@H]6O)[C@H](O)[C@H]5NC(C)=O)[C@H](O)[C@@H]4O)[C@@H](O)[C@H](O[C@H]4O[C@H](CO)[C@@H](O[C@@H]5O[C@H](CO)[C@@H](O[C@@H]6O[C@H](CO)[C@H](O)[C@H](O)[C@H]6O)[C@H](O)[C@H]5NC(C)=O)[C@H](O)[C@@H]4O)[C@@H]3O)[C@H](O)[C@H]2NC(C)=O)[C@@H](CO[C@@H]2O[C@@H](C)[C@@H](O)[C@@H](O)[C@@H]2O)O[C@H]1O. The minimum atomic E-state index is -2.54. The van der Waals surface area contributed by atoms with Crippen molar-refractivity contribution in [2.45, 2.75) is 341 Å². The van der Waals surface area contributed by atoms with Crippen molar-refractivity contribution in [3.63, 3.8) is 0 Å². The highest BCUT2D eigenvalue weighted by atomic mass is 16.8. The van der Waals surface area contributed by atoms with Crippen LogP contribution in [0.15, 0.2) is 0 Å². The lowest BCUT2D eigenvalue weighted by molar-refractivity contribution is -0.392. The Morgan fingerprint density at radius 2 is 0.475 bits per heavy atom. The number of carbonyl (C=O) groups excluding carboxylic acids is 4. The Kier molecular flexibility index (Phi) is 35.8. The Hall–Kier alpha value is -3.96. The van der Waals surface area contributed by atoms with Crippen LogP contribution in [0.2, 0.25) is 0 Å². The molecule has 54 heteroatoms. The van der Waals surface area contributed by atoms with Crippen molar-refractivity contribution < 1.29 is 247 Å². The summed E-state index contributed by atoms with van der Waals surface area (Å²) in [6, 6.07) is -7.38. The van der Waals surface area contributed by atoms with E-state index in [2.05, 4.69) is 21.3 Å². The molecule has 122 heavy (non-hydrogen) atoms. The molecule has 0 bridgehead atoms. The number of amides is 4. The lowest BCUT2D eigenvalue weighted by atomic mass is 9.93. The van der Waals surface area contributed by atoms with Gasteiger partial charge in [0, 0.05) is 27.7 Å². The summed E-state index contributed by atoms with van der Waals surface area (Å²) in [7, 11) is 0. The lowest BCUT2D eigenvalue weighted by Crippen LogP contribution is -2.71. The third-order valence-electron chi connectivity index (χ3n) is 22.4. The van der Waals surface area contributed by atoms with E-state index in [1.54, 1.807) is 0 Å². The van der Waals surface area contributed by atoms with Crippen LogP contribution in [-0.2, 0) is 109 Å². The monoisotopic (exact) mass is 1790 g/mol. The van der Waals surface area contributed by atoms with Gasteiger partial charge in [0.2, 0.25) is 23.6 Å². The summed E-state index contributed by atoms with van der Waals surface area (Å²) >= 11 is 0. The summed E-state index contributed by atoms with van der Waals surface area (Å²) in [5.74, 6) is -3.60. The van der Waals surface area contributed by atoms with Gasteiger partial charge in [0.25, 0.3) is 0 Å². The minimum Gasteiger partial charge on any atom is -0.394 e. The first-order valence-electron chi connectivity index (χ1n) is 39.0. The van der Waals surface area contributed by atoms with Gasteiger partial charge >= 0.3 is 0 Å². The average molecular weight is 1790 g/mol. The second-order valence-corrected chi connectivity index (χ2v) is 31.0. The second-order valence-electron chi connectivity index (χ2n) is 31.0. The maximum atomic E-state index is 13.2. The highest BCUT2D eigenvalue weighted by Gasteiger charge is 2.61.